The molecular weight excluding hydrogens is 200 g/mol. The number of hydrogen-bond donors (Lipinski definition) is 2. The van der Waals surface area contributed by atoms with Crippen molar-refractivity contribution in [2.24, 2.45) is 5.73 Å². The van der Waals surface area contributed by atoms with Crippen LogP contribution in [0.5, 0.6) is 0 Å². The van der Waals surface area contributed by atoms with Gasteiger partial charge in [-0.2, -0.15) is 0 Å². The Labute approximate surface area is 90.1 Å². The fourth-order valence-corrected chi connectivity index (χ4v) is 1.08. The summed E-state index contributed by atoms with van der Waals surface area (Å²) < 4.78 is 0. The Morgan fingerprint density at radius 3 is 2.21 bits per heavy atom. The van der Waals surface area contributed by atoms with Gasteiger partial charge in [0.05, 0.1) is 0 Å². The molecule has 0 radical (unpaired) electrons. The number of halogens is 1. The smallest absolute Gasteiger partial charge is 0.251 e. The molecule has 78 valence electrons. The number of carbonyl (C=O) groups excluding carboxylic acids is 1. The van der Waals surface area contributed by atoms with E-state index in [9.17, 15) is 4.79 Å². The van der Waals surface area contributed by atoms with Gasteiger partial charge in [0.1, 0.15) is 0 Å². The highest BCUT2D eigenvalue weighted by Gasteiger charge is 2.03. The predicted molar refractivity (Wildman–Crippen MR) is 59.7 cm³/mol. The summed E-state index contributed by atoms with van der Waals surface area (Å²) in [6.45, 7) is 1.91. The first-order valence-electron chi connectivity index (χ1n) is 4.22. The molecule has 1 rings (SSSR count). The van der Waals surface area contributed by atoms with Crippen LogP contribution in [0.3, 0.4) is 0 Å². The normalized spacial score (nSPS) is 11.4. The minimum absolute atomic E-state index is 0. The Bertz CT molecular complexity index is 295. The van der Waals surface area contributed by atoms with Gasteiger partial charge in [-0.25, -0.2) is 0 Å². The molecule has 1 aromatic rings. The second-order valence-electron chi connectivity index (χ2n) is 2.99. The predicted octanol–water partition coefficient (Wildman–Crippen LogP) is 1.49. The van der Waals surface area contributed by atoms with Gasteiger partial charge >= 0.3 is 0 Å². The van der Waals surface area contributed by atoms with E-state index < -0.39 is 0 Å². The van der Waals surface area contributed by atoms with Crippen LogP contribution in [0.4, 0.5) is 0 Å². The van der Waals surface area contributed by atoms with Crippen molar-refractivity contribution in [2.45, 2.75) is 13.0 Å². The van der Waals surface area contributed by atoms with Crippen LogP contribution in [-0.4, -0.2) is 13.0 Å². The van der Waals surface area contributed by atoms with Crippen LogP contribution >= 0.6 is 12.4 Å². The third-order valence-corrected chi connectivity index (χ3v) is 1.93. The maximum atomic E-state index is 11.2. The van der Waals surface area contributed by atoms with Crippen LogP contribution in [0.2, 0.25) is 0 Å². The van der Waals surface area contributed by atoms with Gasteiger partial charge in [0.2, 0.25) is 0 Å². The second-order valence-corrected chi connectivity index (χ2v) is 2.99. The lowest BCUT2D eigenvalue weighted by molar-refractivity contribution is 0.0963. The minimum atomic E-state index is -0.0729. The van der Waals surface area contributed by atoms with Crippen LogP contribution in [-0.2, 0) is 0 Å². The summed E-state index contributed by atoms with van der Waals surface area (Å²) in [6.07, 6.45) is 0. The number of carbonyl (C=O) groups is 1. The van der Waals surface area contributed by atoms with Crippen molar-refractivity contribution in [3.63, 3.8) is 0 Å². The topological polar surface area (TPSA) is 55.1 Å². The van der Waals surface area contributed by atoms with Crippen LogP contribution in [0.1, 0.15) is 28.9 Å². The Morgan fingerprint density at radius 1 is 1.36 bits per heavy atom. The Hall–Kier alpha value is -1.06. The first kappa shape index (κ1) is 12.9. The van der Waals surface area contributed by atoms with Gasteiger partial charge in [0.25, 0.3) is 5.91 Å². The van der Waals surface area contributed by atoms with E-state index in [4.69, 9.17) is 5.73 Å². The van der Waals surface area contributed by atoms with E-state index in [0.717, 1.165) is 5.56 Å². The van der Waals surface area contributed by atoms with E-state index in [1.807, 2.05) is 19.1 Å². The molecule has 1 atom stereocenters. The lowest BCUT2D eigenvalue weighted by Gasteiger charge is -2.05. The number of nitrogens with two attached hydrogens (primary N) is 1. The number of nitrogens with one attached hydrogen (secondary N) is 1. The van der Waals surface area contributed by atoms with Crippen LogP contribution in [0.15, 0.2) is 24.3 Å². The van der Waals surface area contributed by atoms with Gasteiger partial charge in [-0.3, -0.25) is 4.79 Å². The molecule has 0 saturated heterocycles. The number of benzene rings is 1. The van der Waals surface area contributed by atoms with Gasteiger partial charge < -0.3 is 11.1 Å². The molecule has 0 bridgehead atoms. The zero-order valence-electron chi connectivity index (χ0n) is 8.28. The van der Waals surface area contributed by atoms with Crippen molar-refractivity contribution >= 4 is 18.3 Å². The molecule has 0 aliphatic rings. The summed E-state index contributed by atoms with van der Waals surface area (Å²) >= 11 is 0. The molecule has 0 heterocycles. The summed E-state index contributed by atoms with van der Waals surface area (Å²) in [5.41, 5.74) is 7.37. The van der Waals surface area contributed by atoms with E-state index in [-0.39, 0.29) is 24.4 Å². The first-order valence-corrected chi connectivity index (χ1v) is 4.22. The molecule has 1 aromatic carbocycles. The van der Waals surface area contributed by atoms with E-state index >= 15 is 0 Å². The number of rotatable bonds is 2. The summed E-state index contributed by atoms with van der Waals surface area (Å²) in [5.74, 6) is -0.0729. The molecular formula is C10H15ClN2O. The molecule has 0 aromatic heterocycles. The highest BCUT2D eigenvalue weighted by atomic mass is 35.5. The third-order valence-electron chi connectivity index (χ3n) is 1.93. The van der Waals surface area contributed by atoms with Gasteiger partial charge in [-0.1, -0.05) is 12.1 Å². The summed E-state index contributed by atoms with van der Waals surface area (Å²) in [7, 11) is 1.61. The first-order chi connectivity index (χ1) is 6.15. The lowest BCUT2D eigenvalue weighted by atomic mass is 10.1. The van der Waals surface area contributed by atoms with E-state index in [1.165, 1.54) is 0 Å². The molecule has 14 heavy (non-hydrogen) atoms. The second kappa shape index (κ2) is 5.62. The fourth-order valence-electron chi connectivity index (χ4n) is 1.08. The van der Waals surface area contributed by atoms with Crippen LogP contribution in [0.25, 0.3) is 0 Å². The molecule has 3 nitrogen and oxygen atoms in total. The monoisotopic (exact) mass is 214 g/mol. The Kier molecular flexibility index (Phi) is 5.20. The molecule has 0 fully saturated rings. The Morgan fingerprint density at radius 2 is 1.86 bits per heavy atom. The van der Waals surface area contributed by atoms with E-state index in [1.54, 1.807) is 19.2 Å². The highest BCUT2D eigenvalue weighted by Crippen LogP contribution is 2.10. The van der Waals surface area contributed by atoms with Gasteiger partial charge in [0, 0.05) is 18.7 Å². The molecule has 3 N–H and O–H groups in total. The van der Waals surface area contributed by atoms with Crippen molar-refractivity contribution in [1.82, 2.24) is 5.32 Å². The fraction of sp³-hybridized carbons (Fsp3) is 0.300. The molecule has 1 amide bonds. The van der Waals surface area contributed by atoms with Gasteiger partial charge in [-0.15, -0.1) is 12.4 Å². The van der Waals surface area contributed by atoms with Crippen LogP contribution in [0, 0.1) is 0 Å². The molecule has 0 aliphatic carbocycles. The summed E-state index contributed by atoms with van der Waals surface area (Å²) in [4.78, 5) is 11.2. The standard InChI is InChI=1S/C10H14N2O.ClH/c1-7(11)8-3-5-9(6-4-8)10(13)12-2;/h3-7H,11H2,1-2H3,(H,12,13);1H/t7-;/m0./s1. The number of amides is 1. The minimum Gasteiger partial charge on any atom is -0.355 e. The van der Waals surface area contributed by atoms with Crippen molar-refractivity contribution in [3.8, 4) is 0 Å². The SMILES string of the molecule is CNC(=O)c1ccc([C@H](C)N)cc1.Cl. The highest BCUT2D eigenvalue weighted by molar-refractivity contribution is 5.93. The zero-order chi connectivity index (χ0) is 9.84. The quantitative estimate of drug-likeness (QED) is 0.784. The van der Waals surface area contributed by atoms with Gasteiger partial charge in [0.15, 0.2) is 0 Å². The van der Waals surface area contributed by atoms with Gasteiger partial charge in [-0.05, 0) is 24.6 Å². The molecule has 0 spiro atoms. The molecule has 0 aliphatic heterocycles. The summed E-state index contributed by atoms with van der Waals surface area (Å²) in [5, 5.41) is 2.56. The average molecular weight is 215 g/mol. The van der Waals surface area contributed by atoms with Crippen molar-refractivity contribution < 1.29 is 4.79 Å². The summed E-state index contributed by atoms with van der Waals surface area (Å²) in [6, 6.07) is 7.30. The third kappa shape index (κ3) is 3.01. The maximum absolute atomic E-state index is 11.2. The molecule has 4 heteroatoms. The van der Waals surface area contributed by atoms with E-state index in [2.05, 4.69) is 5.32 Å². The van der Waals surface area contributed by atoms with Crippen molar-refractivity contribution in [3.05, 3.63) is 35.4 Å². The molecule has 0 unspecified atom stereocenters. The zero-order valence-corrected chi connectivity index (χ0v) is 9.10. The van der Waals surface area contributed by atoms with Crippen LogP contribution < -0.4 is 11.1 Å². The Balaban J connectivity index is 0.00000169. The largest absolute Gasteiger partial charge is 0.355 e. The lowest BCUT2D eigenvalue weighted by Crippen LogP contribution is -2.17. The van der Waals surface area contributed by atoms with E-state index in [0.29, 0.717) is 5.56 Å². The van der Waals surface area contributed by atoms with Crippen molar-refractivity contribution in [2.75, 3.05) is 7.05 Å². The number of hydrogen-bond acceptors (Lipinski definition) is 2. The van der Waals surface area contributed by atoms with Crippen molar-refractivity contribution in [1.29, 1.82) is 0 Å². The molecule has 0 saturated carbocycles. The maximum Gasteiger partial charge on any atom is 0.251 e. The average Bonchev–Trinajstić information content (AvgIpc) is 2.17.